The number of benzene rings is 2. The van der Waals surface area contributed by atoms with Crippen LogP contribution in [-0.4, -0.2) is 66.5 Å². The Labute approximate surface area is 195 Å². The SMILES string of the molecule is CCOc1ccc([C@@H]2C(=C(O)c3ccc(OC(C)C)cc3)C(=O)C(=O)N2CCN(C)C)cc1. The molecular formula is C26H32N2O5. The number of Topliss-reactive ketones (excluding diaryl/α,β-unsaturated/α-hetero) is 1. The van der Waals surface area contributed by atoms with Crippen LogP contribution in [0.25, 0.3) is 5.76 Å². The zero-order valence-electron chi connectivity index (χ0n) is 19.9. The lowest BCUT2D eigenvalue weighted by atomic mass is 9.95. The van der Waals surface area contributed by atoms with Crippen molar-refractivity contribution in [3.63, 3.8) is 0 Å². The molecule has 0 unspecified atom stereocenters. The van der Waals surface area contributed by atoms with Gasteiger partial charge in [0.25, 0.3) is 11.7 Å². The minimum Gasteiger partial charge on any atom is -0.507 e. The van der Waals surface area contributed by atoms with Crippen LogP contribution in [0.15, 0.2) is 54.1 Å². The van der Waals surface area contributed by atoms with E-state index in [2.05, 4.69) is 0 Å². The van der Waals surface area contributed by atoms with Crippen LogP contribution in [0.5, 0.6) is 11.5 Å². The average Bonchev–Trinajstić information content (AvgIpc) is 3.03. The number of nitrogens with zero attached hydrogens (tertiary/aromatic N) is 2. The standard InChI is InChI=1S/C26H32N2O5/c1-6-32-20-11-7-18(8-12-20)23-22(25(30)26(31)28(23)16-15-27(4)5)24(29)19-9-13-21(14-10-19)33-17(2)3/h7-14,17,23,29H,6,15-16H2,1-5H3/t23-/m1/s1. The van der Waals surface area contributed by atoms with Crippen molar-refractivity contribution < 1.29 is 24.2 Å². The first kappa shape index (κ1) is 24.3. The number of carbonyl (C=O) groups excluding carboxylic acids is 2. The Morgan fingerprint density at radius 2 is 1.64 bits per heavy atom. The summed E-state index contributed by atoms with van der Waals surface area (Å²) in [4.78, 5) is 29.5. The van der Waals surface area contributed by atoms with Gasteiger partial charge in [0.2, 0.25) is 0 Å². The molecule has 1 aliphatic heterocycles. The van der Waals surface area contributed by atoms with Crippen molar-refractivity contribution in [1.29, 1.82) is 0 Å². The third kappa shape index (κ3) is 5.54. The van der Waals surface area contributed by atoms with E-state index in [0.29, 0.717) is 36.8 Å². The molecule has 1 N–H and O–H groups in total. The Balaban J connectivity index is 2.05. The molecule has 0 saturated carbocycles. The van der Waals surface area contributed by atoms with Crippen LogP contribution in [-0.2, 0) is 9.59 Å². The van der Waals surface area contributed by atoms with Gasteiger partial charge in [-0.2, -0.15) is 0 Å². The van der Waals surface area contributed by atoms with E-state index in [0.717, 1.165) is 5.56 Å². The summed E-state index contributed by atoms with van der Waals surface area (Å²) in [5.41, 5.74) is 1.27. The number of likely N-dealkylation sites (tertiary alicyclic amines) is 1. The summed E-state index contributed by atoms with van der Waals surface area (Å²) in [7, 11) is 3.81. The maximum absolute atomic E-state index is 13.1. The number of ether oxygens (including phenoxy) is 2. The molecule has 1 aliphatic rings. The highest BCUT2D eigenvalue weighted by atomic mass is 16.5. The molecule has 176 valence electrons. The van der Waals surface area contributed by atoms with Crippen molar-refractivity contribution in [3.8, 4) is 11.5 Å². The predicted octanol–water partition coefficient (Wildman–Crippen LogP) is 3.86. The topological polar surface area (TPSA) is 79.3 Å². The summed E-state index contributed by atoms with van der Waals surface area (Å²) in [5.74, 6) is -0.135. The highest BCUT2D eigenvalue weighted by Gasteiger charge is 2.45. The largest absolute Gasteiger partial charge is 0.507 e. The smallest absolute Gasteiger partial charge is 0.295 e. The highest BCUT2D eigenvalue weighted by molar-refractivity contribution is 6.46. The molecule has 2 aromatic carbocycles. The molecule has 0 aliphatic carbocycles. The summed E-state index contributed by atoms with van der Waals surface area (Å²) in [6.07, 6.45) is 0.0196. The number of hydrogen-bond donors (Lipinski definition) is 1. The number of amides is 1. The lowest BCUT2D eigenvalue weighted by molar-refractivity contribution is -0.140. The third-order valence-corrected chi connectivity index (χ3v) is 5.33. The number of hydrogen-bond acceptors (Lipinski definition) is 6. The van der Waals surface area contributed by atoms with E-state index >= 15 is 0 Å². The Kier molecular flexibility index (Phi) is 7.76. The van der Waals surface area contributed by atoms with E-state index in [9.17, 15) is 14.7 Å². The van der Waals surface area contributed by atoms with Gasteiger partial charge in [-0.25, -0.2) is 0 Å². The fourth-order valence-corrected chi connectivity index (χ4v) is 3.80. The zero-order valence-corrected chi connectivity index (χ0v) is 19.9. The Hall–Kier alpha value is -3.32. The molecule has 0 radical (unpaired) electrons. The van der Waals surface area contributed by atoms with Gasteiger partial charge in [-0.3, -0.25) is 9.59 Å². The van der Waals surface area contributed by atoms with Crippen LogP contribution < -0.4 is 9.47 Å². The number of ketones is 1. The summed E-state index contributed by atoms with van der Waals surface area (Å²) < 4.78 is 11.2. The number of rotatable bonds is 9. The quantitative estimate of drug-likeness (QED) is 0.354. The Morgan fingerprint density at radius 3 is 2.18 bits per heavy atom. The Morgan fingerprint density at radius 1 is 1.03 bits per heavy atom. The van der Waals surface area contributed by atoms with Crippen molar-refractivity contribution in [1.82, 2.24) is 9.80 Å². The molecule has 7 nitrogen and oxygen atoms in total. The minimum absolute atomic E-state index is 0.0196. The van der Waals surface area contributed by atoms with Crippen molar-refractivity contribution >= 4 is 17.4 Å². The first-order valence-electron chi connectivity index (χ1n) is 11.2. The van der Waals surface area contributed by atoms with Gasteiger partial charge in [0, 0.05) is 18.7 Å². The number of aliphatic hydroxyl groups excluding tert-OH is 1. The van der Waals surface area contributed by atoms with Crippen LogP contribution in [0.1, 0.15) is 37.9 Å². The van der Waals surface area contributed by atoms with Crippen LogP contribution in [0, 0.1) is 0 Å². The van der Waals surface area contributed by atoms with E-state index in [4.69, 9.17) is 9.47 Å². The van der Waals surface area contributed by atoms with Crippen molar-refractivity contribution in [2.45, 2.75) is 32.9 Å². The van der Waals surface area contributed by atoms with Crippen LogP contribution >= 0.6 is 0 Å². The van der Waals surface area contributed by atoms with E-state index in [1.165, 1.54) is 4.90 Å². The van der Waals surface area contributed by atoms with Crippen LogP contribution in [0.4, 0.5) is 0 Å². The normalized spacial score (nSPS) is 17.8. The second kappa shape index (κ2) is 10.5. The minimum atomic E-state index is -0.688. The molecule has 2 aromatic rings. The summed E-state index contributed by atoms with van der Waals surface area (Å²) >= 11 is 0. The highest BCUT2D eigenvalue weighted by Crippen LogP contribution is 2.39. The molecule has 3 rings (SSSR count). The molecule has 1 fully saturated rings. The van der Waals surface area contributed by atoms with E-state index in [1.54, 1.807) is 24.3 Å². The lowest BCUT2D eigenvalue weighted by Crippen LogP contribution is -2.35. The predicted molar refractivity (Wildman–Crippen MR) is 127 cm³/mol. The average molecular weight is 453 g/mol. The maximum atomic E-state index is 13.1. The summed E-state index contributed by atoms with van der Waals surface area (Å²) in [6, 6.07) is 13.4. The second-order valence-corrected chi connectivity index (χ2v) is 8.49. The van der Waals surface area contributed by atoms with E-state index in [-0.39, 0.29) is 17.4 Å². The molecular weight excluding hydrogens is 420 g/mol. The Bertz CT molecular complexity index is 1010. The number of likely N-dealkylation sites (N-methyl/N-ethyl adjacent to an activating group) is 1. The maximum Gasteiger partial charge on any atom is 0.295 e. The van der Waals surface area contributed by atoms with Gasteiger partial charge in [0.15, 0.2) is 0 Å². The molecule has 0 aromatic heterocycles. The monoisotopic (exact) mass is 452 g/mol. The van der Waals surface area contributed by atoms with Gasteiger partial charge in [0.05, 0.1) is 24.3 Å². The van der Waals surface area contributed by atoms with Crippen LogP contribution in [0.2, 0.25) is 0 Å². The summed E-state index contributed by atoms with van der Waals surface area (Å²) in [6.45, 7) is 7.24. The van der Waals surface area contributed by atoms with Gasteiger partial charge in [-0.05, 0) is 76.8 Å². The van der Waals surface area contributed by atoms with Gasteiger partial charge < -0.3 is 24.4 Å². The van der Waals surface area contributed by atoms with Crippen molar-refractivity contribution in [3.05, 3.63) is 65.2 Å². The zero-order chi connectivity index (χ0) is 24.1. The van der Waals surface area contributed by atoms with Crippen molar-refractivity contribution in [2.75, 3.05) is 33.8 Å². The van der Waals surface area contributed by atoms with Gasteiger partial charge in [-0.1, -0.05) is 12.1 Å². The second-order valence-electron chi connectivity index (χ2n) is 8.49. The molecule has 1 amide bonds. The van der Waals surface area contributed by atoms with E-state index < -0.39 is 17.7 Å². The van der Waals surface area contributed by atoms with Gasteiger partial charge in [-0.15, -0.1) is 0 Å². The first-order valence-corrected chi connectivity index (χ1v) is 11.2. The first-order chi connectivity index (χ1) is 15.7. The van der Waals surface area contributed by atoms with E-state index in [1.807, 2.05) is 64.0 Å². The molecule has 33 heavy (non-hydrogen) atoms. The van der Waals surface area contributed by atoms with Gasteiger partial charge >= 0.3 is 0 Å². The molecule has 0 spiro atoms. The van der Waals surface area contributed by atoms with Crippen LogP contribution in [0.3, 0.4) is 0 Å². The molecule has 1 heterocycles. The molecule has 1 saturated heterocycles. The third-order valence-electron chi connectivity index (χ3n) is 5.33. The fraction of sp³-hybridized carbons (Fsp3) is 0.385. The lowest BCUT2D eigenvalue weighted by Gasteiger charge is -2.26. The van der Waals surface area contributed by atoms with Gasteiger partial charge in [0.1, 0.15) is 17.3 Å². The summed E-state index contributed by atoms with van der Waals surface area (Å²) in [5, 5.41) is 11.2. The van der Waals surface area contributed by atoms with Crippen molar-refractivity contribution in [2.24, 2.45) is 0 Å². The molecule has 7 heteroatoms. The number of carbonyl (C=O) groups is 2. The number of aliphatic hydroxyl groups is 1. The molecule has 1 atom stereocenters. The fourth-order valence-electron chi connectivity index (χ4n) is 3.80. The molecule has 0 bridgehead atoms.